The maximum Gasteiger partial charge on any atom is 0.260 e. The maximum absolute atomic E-state index is 13.6. The van der Waals surface area contributed by atoms with Crippen molar-refractivity contribution in [3.05, 3.63) is 76.8 Å². The number of halogens is 1. The monoisotopic (exact) mass is 463 g/mol. The highest BCUT2D eigenvalue weighted by molar-refractivity contribution is 6.32. The predicted molar refractivity (Wildman–Crippen MR) is 130 cm³/mol. The first-order valence-corrected chi connectivity index (χ1v) is 11.8. The first kappa shape index (κ1) is 22.8. The number of nitrogens with zero attached hydrogens (tertiary/aromatic N) is 1. The lowest BCUT2D eigenvalue weighted by atomic mass is 9.91. The minimum atomic E-state index is -0.594. The molecule has 3 aliphatic heterocycles. The van der Waals surface area contributed by atoms with E-state index in [4.69, 9.17) is 9.47 Å². The molecule has 0 radical (unpaired) electrons. The third kappa shape index (κ3) is 4.64. The van der Waals surface area contributed by atoms with E-state index < -0.39 is 5.60 Å². The van der Waals surface area contributed by atoms with E-state index in [0.717, 1.165) is 57.1 Å². The Labute approximate surface area is 199 Å². The number of benzene rings is 2. The lowest BCUT2D eigenvalue weighted by Crippen LogP contribution is -2.40. The molecule has 2 aromatic carbocycles. The second-order valence-electron chi connectivity index (χ2n) is 9.38. The first-order valence-electron chi connectivity index (χ1n) is 11.8. The van der Waals surface area contributed by atoms with E-state index in [2.05, 4.69) is 39.8 Å². The van der Waals surface area contributed by atoms with Gasteiger partial charge in [-0.1, -0.05) is 24.3 Å². The molecule has 5 rings (SSSR count). The summed E-state index contributed by atoms with van der Waals surface area (Å²) in [6, 6.07) is 12.8. The van der Waals surface area contributed by atoms with Gasteiger partial charge in [0.1, 0.15) is 17.2 Å². The standard InChI is InChI=1S/C27H30FN3O3/c1-27(2)22(16-24(34-27)25-21-8-7-20(28)15-23(21)30-26(25)32)19-5-3-18(4-6-19)17-29-9-10-31-11-13-33-14-12-31/h3-8,15-16,29H,9-14,17H2,1-2H3,(H,30,32). The van der Waals surface area contributed by atoms with Gasteiger partial charge >= 0.3 is 0 Å². The summed E-state index contributed by atoms with van der Waals surface area (Å²) in [5.74, 6) is -0.149. The quantitative estimate of drug-likeness (QED) is 0.504. The van der Waals surface area contributed by atoms with Gasteiger partial charge in [0.2, 0.25) is 0 Å². The summed E-state index contributed by atoms with van der Waals surface area (Å²) >= 11 is 0. The Bertz CT molecular complexity index is 1150. The van der Waals surface area contributed by atoms with Gasteiger partial charge in [0.25, 0.3) is 5.91 Å². The van der Waals surface area contributed by atoms with Crippen molar-refractivity contribution in [1.29, 1.82) is 0 Å². The smallest absolute Gasteiger partial charge is 0.260 e. The molecule has 3 aliphatic rings. The maximum atomic E-state index is 13.6. The van der Waals surface area contributed by atoms with Crippen LogP contribution in [0.4, 0.5) is 10.1 Å². The van der Waals surface area contributed by atoms with Crippen LogP contribution >= 0.6 is 0 Å². The van der Waals surface area contributed by atoms with E-state index in [1.807, 2.05) is 19.9 Å². The topological polar surface area (TPSA) is 62.8 Å². The van der Waals surface area contributed by atoms with Crippen LogP contribution < -0.4 is 10.6 Å². The number of hydrogen-bond donors (Lipinski definition) is 2. The Morgan fingerprint density at radius 1 is 1.12 bits per heavy atom. The highest BCUT2D eigenvalue weighted by atomic mass is 19.1. The summed E-state index contributed by atoms with van der Waals surface area (Å²) in [6.45, 7) is 10.4. The highest BCUT2D eigenvalue weighted by Crippen LogP contribution is 2.44. The van der Waals surface area contributed by atoms with Crippen LogP contribution in [-0.2, 0) is 20.8 Å². The summed E-state index contributed by atoms with van der Waals surface area (Å²) in [4.78, 5) is 15.1. The molecule has 0 atom stereocenters. The molecule has 1 amide bonds. The molecule has 178 valence electrons. The molecule has 2 aromatic rings. The number of anilines is 1. The molecule has 1 saturated heterocycles. The van der Waals surface area contributed by atoms with Crippen molar-refractivity contribution in [2.45, 2.75) is 26.0 Å². The largest absolute Gasteiger partial charge is 0.482 e. The van der Waals surface area contributed by atoms with Crippen molar-refractivity contribution in [2.24, 2.45) is 0 Å². The number of rotatable bonds is 6. The number of carbonyl (C=O) groups is 1. The third-order valence-corrected chi connectivity index (χ3v) is 6.56. The Balaban J connectivity index is 1.29. The minimum Gasteiger partial charge on any atom is -0.482 e. The van der Waals surface area contributed by atoms with Crippen LogP contribution in [0, 0.1) is 5.82 Å². The second kappa shape index (κ2) is 9.33. The van der Waals surface area contributed by atoms with Crippen molar-refractivity contribution >= 4 is 22.7 Å². The van der Waals surface area contributed by atoms with Gasteiger partial charge in [-0.25, -0.2) is 4.39 Å². The van der Waals surface area contributed by atoms with E-state index >= 15 is 0 Å². The fraction of sp³-hybridized carbons (Fsp3) is 0.370. The summed E-state index contributed by atoms with van der Waals surface area (Å²) < 4.78 is 25.2. The van der Waals surface area contributed by atoms with E-state index in [9.17, 15) is 9.18 Å². The molecule has 0 saturated carbocycles. The van der Waals surface area contributed by atoms with Crippen molar-refractivity contribution in [3.8, 4) is 0 Å². The fourth-order valence-corrected chi connectivity index (χ4v) is 4.70. The average molecular weight is 464 g/mol. The number of fused-ring (bicyclic) bond motifs is 1. The molecular formula is C27H30FN3O3. The fourth-order valence-electron chi connectivity index (χ4n) is 4.70. The van der Waals surface area contributed by atoms with Gasteiger partial charge in [-0.15, -0.1) is 0 Å². The van der Waals surface area contributed by atoms with Gasteiger partial charge in [0.15, 0.2) is 0 Å². The van der Waals surface area contributed by atoms with Crippen molar-refractivity contribution in [3.63, 3.8) is 0 Å². The number of nitrogens with one attached hydrogen (secondary N) is 2. The zero-order chi connectivity index (χ0) is 23.7. The summed E-state index contributed by atoms with van der Waals surface area (Å²) in [5.41, 5.74) is 4.26. The predicted octanol–water partition coefficient (Wildman–Crippen LogP) is 3.80. The Morgan fingerprint density at radius 2 is 1.88 bits per heavy atom. The molecule has 1 fully saturated rings. The molecule has 2 N–H and O–H groups in total. The zero-order valence-corrected chi connectivity index (χ0v) is 19.6. The lowest BCUT2D eigenvalue weighted by molar-refractivity contribution is -0.111. The van der Waals surface area contributed by atoms with Crippen LogP contribution in [0.3, 0.4) is 0 Å². The molecule has 0 aromatic heterocycles. The zero-order valence-electron chi connectivity index (χ0n) is 19.6. The van der Waals surface area contributed by atoms with Gasteiger partial charge in [0, 0.05) is 43.9 Å². The van der Waals surface area contributed by atoms with Crippen molar-refractivity contribution < 1.29 is 18.7 Å². The number of allylic oxidation sites excluding steroid dienone is 1. The van der Waals surface area contributed by atoms with Gasteiger partial charge in [-0.2, -0.15) is 0 Å². The molecule has 3 heterocycles. The molecule has 0 bridgehead atoms. The normalized spacial score (nSPS) is 21.7. The van der Waals surface area contributed by atoms with Crippen LogP contribution in [0.25, 0.3) is 11.1 Å². The third-order valence-electron chi connectivity index (χ3n) is 6.56. The average Bonchev–Trinajstić information content (AvgIpc) is 3.31. The van der Waals surface area contributed by atoms with Crippen molar-refractivity contribution in [1.82, 2.24) is 10.2 Å². The summed E-state index contributed by atoms with van der Waals surface area (Å²) in [6.07, 6.45) is 1.93. The van der Waals surface area contributed by atoms with E-state index in [-0.39, 0.29) is 11.7 Å². The Hall–Kier alpha value is -3.00. The molecule has 6 nitrogen and oxygen atoms in total. The SMILES string of the molecule is CC1(C)OC(=C2C(=O)Nc3cc(F)ccc32)C=C1c1ccc(CNCCN2CCOCC2)cc1. The van der Waals surface area contributed by atoms with Gasteiger partial charge in [-0.3, -0.25) is 9.69 Å². The van der Waals surface area contributed by atoms with Crippen LogP contribution in [0.2, 0.25) is 0 Å². The molecule has 0 aliphatic carbocycles. The molecular weight excluding hydrogens is 433 g/mol. The number of ether oxygens (including phenoxy) is 2. The number of hydrogen-bond acceptors (Lipinski definition) is 5. The molecule has 0 unspecified atom stereocenters. The highest BCUT2D eigenvalue weighted by Gasteiger charge is 2.38. The van der Waals surface area contributed by atoms with E-state index in [1.54, 1.807) is 6.07 Å². The first-order chi connectivity index (χ1) is 16.4. The minimum absolute atomic E-state index is 0.276. The van der Waals surface area contributed by atoms with E-state index in [1.165, 1.54) is 17.7 Å². The summed E-state index contributed by atoms with van der Waals surface area (Å²) in [7, 11) is 0. The van der Waals surface area contributed by atoms with Crippen molar-refractivity contribution in [2.75, 3.05) is 44.7 Å². The number of morpholine rings is 1. The molecule has 34 heavy (non-hydrogen) atoms. The Morgan fingerprint density at radius 3 is 2.65 bits per heavy atom. The lowest BCUT2D eigenvalue weighted by Gasteiger charge is -2.26. The second-order valence-corrected chi connectivity index (χ2v) is 9.38. The number of amides is 1. The van der Waals surface area contributed by atoms with Crippen LogP contribution in [0.15, 0.2) is 54.3 Å². The van der Waals surface area contributed by atoms with Crippen LogP contribution in [-0.4, -0.2) is 55.8 Å². The van der Waals surface area contributed by atoms with Crippen LogP contribution in [0.5, 0.6) is 0 Å². The summed E-state index contributed by atoms with van der Waals surface area (Å²) in [5, 5.41) is 6.25. The number of carbonyl (C=O) groups excluding carboxylic acids is 1. The van der Waals surface area contributed by atoms with Gasteiger partial charge < -0.3 is 20.1 Å². The van der Waals surface area contributed by atoms with Gasteiger partial charge in [0.05, 0.1) is 24.5 Å². The Kier molecular flexibility index (Phi) is 6.25. The van der Waals surface area contributed by atoms with Crippen LogP contribution in [0.1, 0.15) is 30.5 Å². The van der Waals surface area contributed by atoms with E-state index in [0.29, 0.717) is 22.6 Å². The molecule has 7 heteroatoms. The molecule has 0 spiro atoms. The van der Waals surface area contributed by atoms with Gasteiger partial charge in [-0.05, 0) is 49.2 Å².